The number of nitrogens with two attached hydrogens (primary N) is 1. The van der Waals surface area contributed by atoms with Crippen LogP contribution in [0.5, 0.6) is 0 Å². The van der Waals surface area contributed by atoms with Gasteiger partial charge in [0.25, 0.3) is 0 Å². The highest BCUT2D eigenvalue weighted by Gasteiger charge is 2.44. The number of rotatable bonds is 6. The van der Waals surface area contributed by atoms with Crippen LogP contribution in [0.1, 0.15) is 5.01 Å². The maximum absolute atomic E-state index is 10.8. The van der Waals surface area contributed by atoms with Crippen LogP contribution in [-0.4, -0.2) is 61.9 Å². The van der Waals surface area contributed by atoms with E-state index >= 15 is 0 Å². The lowest BCUT2D eigenvalue weighted by Crippen LogP contribution is -2.62. The van der Waals surface area contributed by atoms with Crippen molar-refractivity contribution in [1.82, 2.24) is 15.5 Å². The Morgan fingerprint density at radius 1 is 1.28 bits per heavy atom. The zero-order valence-corrected chi connectivity index (χ0v) is 18.5. The molecule has 6 N–H and O–H groups in total. The fourth-order valence-electron chi connectivity index (χ4n) is 2.66. The summed E-state index contributed by atoms with van der Waals surface area (Å²) >= 11 is 20.5. The lowest BCUT2D eigenvalue weighted by Gasteiger charge is -2.42. The monoisotopic (exact) mass is 498 g/mol. The van der Waals surface area contributed by atoms with Gasteiger partial charge in [-0.05, 0) is 12.1 Å². The predicted octanol–water partition coefficient (Wildman–Crippen LogP) is 1.94. The van der Waals surface area contributed by atoms with Crippen molar-refractivity contribution in [2.45, 2.75) is 34.7 Å². The van der Waals surface area contributed by atoms with E-state index < -0.39 is 36.4 Å². The maximum Gasteiger partial charge on any atom is 0.164 e. The molecular weight excluding hydrogens is 483 g/mol. The molecule has 0 saturated carbocycles. The number of hydrogen-bond acceptors (Lipinski definition) is 10. The molecule has 2 aromatic rings. The summed E-state index contributed by atoms with van der Waals surface area (Å²) < 4.78 is 5.66. The molecule has 5 unspecified atom stereocenters. The Kier molecular flexibility index (Phi) is 7.87. The second kappa shape index (κ2) is 9.99. The molecule has 0 bridgehead atoms. The van der Waals surface area contributed by atoms with E-state index in [4.69, 9.17) is 45.3 Å². The van der Waals surface area contributed by atoms with Crippen molar-refractivity contribution in [1.29, 1.82) is 0 Å². The van der Waals surface area contributed by atoms with Crippen LogP contribution in [0.3, 0.4) is 0 Å². The molecule has 1 saturated heterocycles. The van der Waals surface area contributed by atoms with Crippen molar-refractivity contribution in [3.63, 3.8) is 0 Å². The Balaban J connectivity index is 1.79. The van der Waals surface area contributed by atoms with Crippen molar-refractivity contribution in [2.75, 3.05) is 6.61 Å². The van der Waals surface area contributed by atoms with Crippen molar-refractivity contribution in [3.05, 3.63) is 43.9 Å². The van der Waals surface area contributed by atoms with Gasteiger partial charge in [0.05, 0.1) is 33.4 Å². The number of aliphatic hydroxyl groups excluding tert-OH is 3. The number of aromatic nitrogens is 2. The zero-order valence-electron chi connectivity index (χ0n) is 14.6. The quantitative estimate of drug-likeness (QED) is 0.378. The van der Waals surface area contributed by atoms with Crippen molar-refractivity contribution in [2.24, 2.45) is 5.73 Å². The summed E-state index contributed by atoms with van der Waals surface area (Å²) in [5, 5.41) is 42.5. The van der Waals surface area contributed by atoms with Gasteiger partial charge in [0.2, 0.25) is 0 Å². The van der Waals surface area contributed by atoms with Gasteiger partial charge >= 0.3 is 0 Å². The van der Waals surface area contributed by atoms with E-state index in [1.807, 2.05) is 0 Å². The topological polar surface area (TPSA) is 134 Å². The van der Waals surface area contributed by atoms with Crippen molar-refractivity contribution >= 4 is 63.6 Å². The van der Waals surface area contributed by atoms with E-state index in [-0.39, 0.29) is 15.1 Å². The Morgan fingerprint density at radius 3 is 2.55 bits per heavy atom. The molecule has 8 nitrogen and oxygen atoms in total. The number of hydrogen-bond donors (Lipinski definition) is 5. The molecule has 29 heavy (non-hydrogen) atoms. The minimum Gasteiger partial charge on any atom is -0.395 e. The first-order chi connectivity index (χ1) is 13.8. The third-order valence-electron chi connectivity index (χ3n) is 4.13. The first-order valence-corrected chi connectivity index (χ1v) is 11.1. The van der Waals surface area contributed by atoms with Gasteiger partial charge in [-0.15, -0.1) is 10.2 Å². The minimum absolute atomic E-state index is 0.225. The number of benzene rings is 1. The average molecular weight is 500 g/mol. The predicted molar refractivity (Wildman–Crippen MR) is 114 cm³/mol. The van der Waals surface area contributed by atoms with E-state index in [2.05, 4.69) is 15.5 Å². The molecule has 0 spiro atoms. The van der Waals surface area contributed by atoms with Gasteiger partial charge in [-0.3, -0.25) is 0 Å². The van der Waals surface area contributed by atoms with E-state index in [1.165, 1.54) is 23.0 Å². The SMILES string of the molecule is N/C(=C\NC1C(O)C(CO)OC(Sc2cc(Cl)c(Cl)c(Cl)c2)C1O)c1nncs1. The Hall–Kier alpha value is -0.820. The van der Waals surface area contributed by atoms with Gasteiger partial charge in [0, 0.05) is 11.1 Å². The third kappa shape index (κ3) is 5.27. The molecule has 1 fully saturated rings. The molecular formula is C16H17Cl3N4O4S2. The van der Waals surface area contributed by atoms with Crippen LogP contribution >= 0.6 is 57.9 Å². The van der Waals surface area contributed by atoms with Crippen molar-refractivity contribution < 1.29 is 20.1 Å². The lowest BCUT2D eigenvalue weighted by atomic mass is 9.97. The molecule has 1 aliphatic heterocycles. The molecule has 0 radical (unpaired) electrons. The molecule has 3 rings (SSSR count). The third-order valence-corrected chi connectivity index (χ3v) is 7.20. The van der Waals surface area contributed by atoms with Crippen LogP contribution in [0.4, 0.5) is 0 Å². The molecule has 2 heterocycles. The smallest absolute Gasteiger partial charge is 0.164 e. The normalized spacial score (nSPS) is 27.8. The fourth-order valence-corrected chi connectivity index (χ4v) is 5.02. The van der Waals surface area contributed by atoms with E-state index in [0.29, 0.717) is 15.6 Å². The largest absolute Gasteiger partial charge is 0.395 e. The minimum atomic E-state index is -1.19. The summed E-state index contributed by atoms with van der Waals surface area (Å²) in [4.78, 5) is 0.601. The Labute approximate surface area is 189 Å². The number of nitrogens with one attached hydrogen (secondary N) is 1. The molecule has 1 aliphatic rings. The molecule has 1 aromatic heterocycles. The van der Waals surface area contributed by atoms with Crippen LogP contribution in [0.15, 0.2) is 28.7 Å². The van der Waals surface area contributed by atoms with Gasteiger partial charge in [-0.25, -0.2) is 0 Å². The van der Waals surface area contributed by atoms with Crippen LogP contribution in [0.2, 0.25) is 15.1 Å². The van der Waals surface area contributed by atoms with Gasteiger partial charge in [0.15, 0.2) is 5.01 Å². The summed E-state index contributed by atoms with van der Waals surface area (Å²) in [5.74, 6) is 0. The van der Waals surface area contributed by atoms with E-state index in [0.717, 1.165) is 11.8 Å². The average Bonchev–Trinajstić information content (AvgIpc) is 3.23. The van der Waals surface area contributed by atoms with E-state index in [1.54, 1.807) is 12.1 Å². The summed E-state index contributed by atoms with van der Waals surface area (Å²) in [6.07, 6.45) is -1.86. The molecule has 1 aromatic carbocycles. The second-order valence-corrected chi connectivity index (χ2v) is 9.26. The summed E-state index contributed by atoms with van der Waals surface area (Å²) in [7, 11) is 0. The fraction of sp³-hybridized carbons (Fsp3) is 0.375. The van der Waals surface area contributed by atoms with Crippen LogP contribution in [0.25, 0.3) is 5.70 Å². The zero-order chi connectivity index (χ0) is 21.1. The first kappa shape index (κ1) is 22.9. The Bertz CT molecular complexity index is 851. The molecule has 5 atom stereocenters. The maximum atomic E-state index is 10.8. The lowest BCUT2D eigenvalue weighted by molar-refractivity contribution is -0.164. The first-order valence-electron chi connectivity index (χ1n) is 8.23. The molecule has 0 amide bonds. The number of halogens is 3. The van der Waals surface area contributed by atoms with Gasteiger partial charge in [-0.2, -0.15) is 0 Å². The summed E-state index contributed by atoms with van der Waals surface area (Å²) in [6, 6.07) is 2.31. The van der Waals surface area contributed by atoms with E-state index in [9.17, 15) is 15.3 Å². The van der Waals surface area contributed by atoms with Crippen molar-refractivity contribution in [3.8, 4) is 0 Å². The number of thioether (sulfide) groups is 1. The standard InChI is InChI=1S/C16H17Cl3N4O4S2/c17-7-1-6(2-8(18)11(7)19)29-16-14(26)12(13(25)10(4-24)27-16)21-3-9(20)15-23-22-5-28-15/h1-3,5,10,12-14,16,21,24-26H,4,20H2/b9-3-. The molecule has 0 aliphatic carbocycles. The van der Waals surface area contributed by atoms with Gasteiger partial charge < -0.3 is 31.1 Å². The van der Waals surface area contributed by atoms with Crippen LogP contribution < -0.4 is 11.1 Å². The summed E-state index contributed by atoms with van der Waals surface area (Å²) in [5.41, 5.74) is 6.92. The number of nitrogens with zero attached hydrogens (tertiary/aromatic N) is 2. The second-order valence-electron chi connectivity index (χ2n) is 6.06. The molecule has 13 heteroatoms. The van der Waals surface area contributed by atoms with Gasteiger partial charge in [0.1, 0.15) is 29.3 Å². The highest BCUT2D eigenvalue weighted by atomic mass is 35.5. The summed E-state index contributed by atoms with van der Waals surface area (Å²) in [6.45, 7) is -0.444. The highest BCUT2D eigenvalue weighted by Crippen LogP contribution is 2.39. The highest BCUT2D eigenvalue weighted by molar-refractivity contribution is 7.99. The molecule has 158 valence electrons. The van der Waals surface area contributed by atoms with Gasteiger partial charge in [-0.1, -0.05) is 57.9 Å². The van der Waals surface area contributed by atoms with Crippen LogP contribution in [0, 0.1) is 0 Å². The number of ether oxygens (including phenoxy) is 1. The van der Waals surface area contributed by atoms with Crippen LogP contribution in [-0.2, 0) is 4.74 Å². The number of aliphatic hydroxyl groups is 3. The Morgan fingerprint density at radius 2 is 1.97 bits per heavy atom.